The number of carbonyl (C=O) groups is 1. The minimum Gasteiger partial charge on any atom is -0.457 e. The summed E-state index contributed by atoms with van der Waals surface area (Å²) in [6, 6.07) is 10.1. The molecule has 2 nitrogen and oxygen atoms in total. The normalized spacial score (nSPS) is 18.4. The van der Waals surface area contributed by atoms with Crippen LogP contribution < -0.4 is 0 Å². The molecule has 2 heteroatoms. The van der Waals surface area contributed by atoms with Crippen LogP contribution >= 0.6 is 0 Å². The molecule has 0 saturated heterocycles. The third-order valence-electron chi connectivity index (χ3n) is 4.44. The minimum absolute atomic E-state index is 0.193. The van der Waals surface area contributed by atoms with Gasteiger partial charge in [0.05, 0.1) is 0 Å². The van der Waals surface area contributed by atoms with Gasteiger partial charge < -0.3 is 4.74 Å². The summed E-state index contributed by atoms with van der Waals surface area (Å²) in [4.78, 5) is 12.0. The van der Waals surface area contributed by atoms with Crippen molar-refractivity contribution in [1.82, 2.24) is 0 Å². The van der Waals surface area contributed by atoms with Crippen LogP contribution in [0.5, 0.6) is 0 Å². The first-order chi connectivity index (χ1) is 10.7. The maximum atomic E-state index is 12.0. The second-order valence-corrected chi connectivity index (χ2v) is 6.08. The highest BCUT2D eigenvalue weighted by atomic mass is 16.5. The van der Waals surface area contributed by atoms with Crippen molar-refractivity contribution in [3.8, 4) is 0 Å². The van der Waals surface area contributed by atoms with Gasteiger partial charge >= 0.3 is 5.97 Å². The van der Waals surface area contributed by atoms with Crippen molar-refractivity contribution in [3.05, 3.63) is 70.8 Å². The van der Waals surface area contributed by atoms with Gasteiger partial charge in [-0.05, 0) is 36.8 Å². The predicted molar refractivity (Wildman–Crippen MR) is 88.4 cm³/mol. The van der Waals surface area contributed by atoms with Crippen molar-refractivity contribution in [1.29, 1.82) is 0 Å². The van der Waals surface area contributed by atoms with Crippen LogP contribution in [0.3, 0.4) is 0 Å². The Bertz CT molecular complexity index is 627. The number of esters is 1. The molecule has 3 rings (SSSR count). The molecule has 2 aliphatic rings. The van der Waals surface area contributed by atoms with Crippen LogP contribution in [-0.4, -0.2) is 12.6 Å². The van der Waals surface area contributed by atoms with Gasteiger partial charge in [-0.3, -0.25) is 0 Å². The lowest BCUT2D eigenvalue weighted by molar-refractivity contribution is -0.136. The van der Waals surface area contributed by atoms with E-state index >= 15 is 0 Å². The van der Waals surface area contributed by atoms with Crippen LogP contribution in [0.15, 0.2) is 65.3 Å². The fourth-order valence-electron chi connectivity index (χ4n) is 3.18. The summed E-state index contributed by atoms with van der Waals surface area (Å²) in [6.45, 7) is 4.56. The molecule has 1 aromatic rings. The Hall–Kier alpha value is -2.09. The Morgan fingerprint density at radius 2 is 1.86 bits per heavy atom. The van der Waals surface area contributed by atoms with Crippen molar-refractivity contribution >= 4 is 5.97 Å². The van der Waals surface area contributed by atoms with E-state index in [2.05, 4.69) is 12.7 Å². The standard InChI is InChI=1S/C20H22O2/c1-15(12-16-8-4-2-5-9-16)19-14-22-20(21)18(19)13-17-10-6-3-7-11-17/h3,6-7,10-12H,1-2,4-5,8-9,13-14H2. The molecule has 0 unspecified atom stereocenters. The zero-order valence-corrected chi connectivity index (χ0v) is 12.9. The molecular weight excluding hydrogens is 272 g/mol. The molecule has 1 fully saturated rings. The Labute approximate surface area is 132 Å². The molecule has 1 heterocycles. The summed E-state index contributed by atoms with van der Waals surface area (Å²) in [5, 5.41) is 0. The molecule has 114 valence electrons. The maximum Gasteiger partial charge on any atom is 0.335 e. The number of ether oxygens (including phenoxy) is 1. The van der Waals surface area contributed by atoms with E-state index in [-0.39, 0.29) is 5.97 Å². The first kappa shape index (κ1) is 14.8. The van der Waals surface area contributed by atoms with Gasteiger partial charge in [-0.15, -0.1) is 0 Å². The smallest absolute Gasteiger partial charge is 0.335 e. The lowest BCUT2D eigenvalue weighted by Crippen LogP contribution is -2.02. The number of rotatable bonds is 4. The summed E-state index contributed by atoms with van der Waals surface area (Å²) in [7, 11) is 0. The molecule has 0 amide bonds. The number of allylic oxidation sites excluding steroid dienone is 2. The van der Waals surface area contributed by atoms with Gasteiger partial charge in [0, 0.05) is 17.6 Å². The molecule has 0 aromatic heterocycles. The highest BCUT2D eigenvalue weighted by molar-refractivity contribution is 5.93. The monoisotopic (exact) mass is 294 g/mol. The number of hydrogen-bond acceptors (Lipinski definition) is 2. The molecular formula is C20H22O2. The number of hydrogen-bond donors (Lipinski definition) is 0. The Kier molecular flexibility index (Phi) is 4.57. The number of benzene rings is 1. The van der Waals surface area contributed by atoms with Crippen molar-refractivity contribution < 1.29 is 9.53 Å². The summed E-state index contributed by atoms with van der Waals surface area (Å²) in [5.41, 5.74) is 5.29. The Balaban J connectivity index is 1.82. The fourth-order valence-corrected chi connectivity index (χ4v) is 3.18. The van der Waals surface area contributed by atoms with Gasteiger partial charge in [0.2, 0.25) is 0 Å². The molecule has 1 aliphatic heterocycles. The van der Waals surface area contributed by atoms with Gasteiger partial charge in [0.1, 0.15) is 6.61 Å². The number of carbonyl (C=O) groups excluding carboxylic acids is 1. The van der Waals surface area contributed by atoms with E-state index < -0.39 is 0 Å². The third-order valence-corrected chi connectivity index (χ3v) is 4.44. The van der Waals surface area contributed by atoms with Gasteiger partial charge in [0.15, 0.2) is 0 Å². The predicted octanol–water partition coefficient (Wildman–Crippen LogP) is 4.53. The molecule has 0 spiro atoms. The lowest BCUT2D eigenvalue weighted by Gasteiger charge is -2.14. The van der Waals surface area contributed by atoms with E-state index in [9.17, 15) is 4.79 Å². The van der Waals surface area contributed by atoms with E-state index in [1.54, 1.807) is 0 Å². The van der Waals surface area contributed by atoms with Gasteiger partial charge in [-0.25, -0.2) is 4.79 Å². The first-order valence-corrected chi connectivity index (χ1v) is 8.06. The van der Waals surface area contributed by atoms with Crippen molar-refractivity contribution in [2.75, 3.05) is 6.61 Å². The van der Waals surface area contributed by atoms with Crippen LogP contribution in [-0.2, 0) is 16.0 Å². The quantitative estimate of drug-likeness (QED) is 0.763. The van der Waals surface area contributed by atoms with Crippen molar-refractivity contribution in [2.45, 2.75) is 38.5 Å². The minimum atomic E-state index is -0.193. The topological polar surface area (TPSA) is 26.3 Å². The fraction of sp³-hybridized carbons (Fsp3) is 0.350. The molecule has 0 atom stereocenters. The van der Waals surface area contributed by atoms with Crippen LogP contribution in [0, 0.1) is 0 Å². The van der Waals surface area contributed by atoms with E-state index in [1.807, 2.05) is 30.3 Å². The van der Waals surface area contributed by atoms with Gasteiger partial charge in [0.25, 0.3) is 0 Å². The SMILES string of the molecule is C=C(C=C1CCCCC1)C1=C(Cc2ccccc2)C(=O)OC1. The van der Waals surface area contributed by atoms with Crippen LogP contribution in [0.1, 0.15) is 37.7 Å². The van der Waals surface area contributed by atoms with Gasteiger partial charge in [-0.2, -0.15) is 0 Å². The summed E-state index contributed by atoms with van der Waals surface area (Å²) in [5.74, 6) is -0.193. The van der Waals surface area contributed by atoms with E-state index in [4.69, 9.17) is 4.74 Å². The highest BCUT2D eigenvalue weighted by Gasteiger charge is 2.26. The average Bonchev–Trinajstić information content (AvgIpc) is 2.90. The molecule has 0 N–H and O–H groups in total. The van der Waals surface area contributed by atoms with Crippen LogP contribution in [0.4, 0.5) is 0 Å². The molecule has 0 radical (unpaired) electrons. The van der Waals surface area contributed by atoms with Crippen LogP contribution in [0.2, 0.25) is 0 Å². The molecule has 22 heavy (non-hydrogen) atoms. The summed E-state index contributed by atoms with van der Waals surface area (Å²) < 4.78 is 5.26. The zero-order valence-electron chi connectivity index (χ0n) is 12.9. The highest BCUT2D eigenvalue weighted by Crippen LogP contribution is 2.29. The third kappa shape index (κ3) is 3.38. The molecule has 1 saturated carbocycles. The zero-order chi connectivity index (χ0) is 15.4. The van der Waals surface area contributed by atoms with Gasteiger partial charge in [-0.1, -0.05) is 55.0 Å². The first-order valence-electron chi connectivity index (χ1n) is 8.06. The van der Waals surface area contributed by atoms with E-state index in [0.29, 0.717) is 13.0 Å². The van der Waals surface area contributed by atoms with E-state index in [0.717, 1.165) is 35.1 Å². The van der Waals surface area contributed by atoms with E-state index in [1.165, 1.54) is 24.8 Å². The summed E-state index contributed by atoms with van der Waals surface area (Å²) in [6.07, 6.45) is 8.99. The molecule has 1 aromatic carbocycles. The van der Waals surface area contributed by atoms with Crippen LogP contribution in [0.25, 0.3) is 0 Å². The lowest BCUT2D eigenvalue weighted by atomic mass is 9.91. The second kappa shape index (κ2) is 6.78. The largest absolute Gasteiger partial charge is 0.457 e. The van der Waals surface area contributed by atoms with Crippen molar-refractivity contribution in [2.24, 2.45) is 0 Å². The van der Waals surface area contributed by atoms with Crippen molar-refractivity contribution in [3.63, 3.8) is 0 Å². The Morgan fingerprint density at radius 1 is 1.14 bits per heavy atom. The average molecular weight is 294 g/mol. The number of cyclic esters (lactones) is 1. The molecule has 1 aliphatic carbocycles. The second-order valence-electron chi connectivity index (χ2n) is 6.08. The summed E-state index contributed by atoms with van der Waals surface area (Å²) >= 11 is 0. The maximum absolute atomic E-state index is 12.0. The molecule has 0 bridgehead atoms. The Morgan fingerprint density at radius 3 is 2.59 bits per heavy atom.